The Bertz CT molecular complexity index is 354. The number of urea groups is 1. The molecule has 1 fully saturated rings. The zero-order chi connectivity index (χ0) is 11.4. The number of amides is 2. The van der Waals surface area contributed by atoms with Crippen molar-refractivity contribution >= 4 is 11.8 Å². The number of carbonyl (C=O) groups excluding carboxylic acids is 1. The smallest absolute Gasteiger partial charge is 0.314 e. The molecule has 1 aliphatic heterocycles. The molecule has 0 bridgehead atoms. The van der Waals surface area contributed by atoms with Crippen molar-refractivity contribution in [2.75, 3.05) is 25.0 Å². The first kappa shape index (κ1) is 10.7. The molecule has 2 amide bonds. The van der Waals surface area contributed by atoms with Gasteiger partial charge in [-0.25, -0.2) is 9.78 Å². The molecule has 0 spiro atoms. The van der Waals surface area contributed by atoms with Crippen LogP contribution in [0.3, 0.4) is 0 Å². The van der Waals surface area contributed by atoms with Crippen LogP contribution in [0.4, 0.5) is 10.6 Å². The molecule has 1 saturated heterocycles. The molecule has 1 aliphatic rings. The predicted molar refractivity (Wildman–Crippen MR) is 62.4 cm³/mol. The van der Waals surface area contributed by atoms with Gasteiger partial charge < -0.3 is 15.5 Å². The van der Waals surface area contributed by atoms with Crippen LogP contribution in [0.5, 0.6) is 0 Å². The first-order chi connectivity index (χ1) is 7.79. The van der Waals surface area contributed by atoms with E-state index in [0.717, 1.165) is 25.3 Å². The van der Waals surface area contributed by atoms with Crippen molar-refractivity contribution in [1.29, 1.82) is 0 Å². The maximum Gasteiger partial charge on any atom is 0.314 e. The Morgan fingerprint density at radius 2 is 2.44 bits per heavy atom. The molecule has 2 heterocycles. The molecule has 5 heteroatoms. The fraction of sp³-hybridized carbons (Fsp3) is 0.455. The van der Waals surface area contributed by atoms with E-state index in [-0.39, 0.29) is 12.1 Å². The number of carbonyl (C=O) groups is 1. The number of anilines is 1. The van der Waals surface area contributed by atoms with Gasteiger partial charge in [0.1, 0.15) is 5.82 Å². The third-order valence-electron chi connectivity index (χ3n) is 2.72. The van der Waals surface area contributed by atoms with Gasteiger partial charge in [-0.3, -0.25) is 0 Å². The second-order valence-electron chi connectivity index (χ2n) is 3.84. The molecule has 1 unspecified atom stereocenters. The summed E-state index contributed by atoms with van der Waals surface area (Å²) in [6, 6.07) is 5.96. The summed E-state index contributed by atoms with van der Waals surface area (Å²) in [4.78, 5) is 17.6. The highest BCUT2D eigenvalue weighted by Crippen LogP contribution is 2.16. The van der Waals surface area contributed by atoms with Crippen molar-refractivity contribution < 1.29 is 4.79 Å². The number of nitrogens with one attached hydrogen (secondary N) is 2. The monoisotopic (exact) mass is 220 g/mol. The van der Waals surface area contributed by atoms with E-state index in [1.165, 1.54) is 0 Å². The normalized spacial score (nSPS) is 19.6. The second kappa shape index (κ2) is 4.83. The quantitative estimate of drug-likeness (QED) is 0.767. The summed E-state index contributed by atoms with van der Waals surface area (Å²) in [5.41, 5.74) is 0. The molecule has 0 saturated carbocycles. The largest absolute Gasteiger partial charge is 0.354 e. The number of nitrogens with zero attached hydrogens (tertiary/aromatic N) is 2. The fourth-order valence-corrected chi connectivity index (χ4v) is 1.88. The minimum atomic E-state index is -0.118. The Labute approximate surface area is 94.9 Å². The summed E-state index contributed by atoms with van der Waals surface area (Å²) < 4.78 is 0. The highest BCUT2D eigenvalue weighted by molar-refractivity contribution is 5.74. The van der Waals surface area contributed by atoms with Crippen molar-refractivity contribution in [2.24, 2.45) is 0 Å². The molecule has 0 radical (unpaired) electrons. The van der Waals surface area contributed by atoms with Crippen LogP contribution in [-0.2, 0) is 0 Å². The minimum absolute atomic E-state index is 0.118. The standard InChI is InChI=1S/C11H16N4O/c1-12-11(16)14-9-5-7-15(8-9)10-4-2-3-6-13-10/h2-4,6,9H,5,7-8H2,1H3,(H2,12,14,16). The first-order valence-corrected chi connectivity index (χ1v) is 5.44. The molecule has 1 aromatic heterocycles. The SMILES string of the molecule is CNC(=O)NC1CCN(c2ccccn2)C1. The van der Waals surface area contributed by atoms with Gasteiger partial charge in [0.05, 0.1) is 0 Å². The van der Waals surface area contributed by atoms with Crippen molar-refractivity contribution in [3.63, 3.8) is 0 Å². The number of pyridine rings is 1. The summed E-state index contributed by atoms with van der Waals surface area (Å²) >= 11 is 0. The average molecular weight is 220 g/mol. The van der Waals surface area contributed by atoms with Gasteiger partial charge in [0.2, 0.25) is 0 Å². The van der Waals surface area contributed by atoms with Crippen molar-refractivity contribution in [3.8, 4) is 0 Å². The summed E-state index contributed by atoms with van der Waals surface area (Å²) in [5, 5.41) is 5.47. The number of aromatic nitrogens is 1. The van der Waals surface area contributed by atoms with E-state index in [1.54, 1.807) is 13.2 Å². The van der Waals surface area contributed by atoms with Crippen LogP contribution in [0.2, 0.25) is 0 Å². The first-order valence-electron chi connectivity index (χ1n) is 5.44. The van der Waals surface area contributed by atoms with Crippen LogP contribution < -0.4 is 15.5 Å². The van der Waals surface area contributed by atoms with Gasteiger partial charge >= 0.3 is 6.03 Å². The van der Waals surface area contributed by atoms with Gasteiger partial charge in [0, 0.05) is 32.4 Å². The van der Waals surface area contributed by atoms with E-state index in [2.05, 4.69) is 20.5 Å². The van der Waals surface area contributed by atoms with Gasteiger partial charge in [-0.05, 0) is 18.6 Å². The van der Waals surface area contributed by atoms with E-state index < -0.39 is 0 Å². The molecule has 1 aromatic rings. The van der Waals surface area contributed by atoms with E-state index in [4.69, 9.17) is 0 Å². The Kier molecular flexibility index (Phi) is 3.24. The number of rotatable bonds is 2. The molecule has 2 rings (SSSR count). The Morgan fingerprint density at radius 3 is 3.12 bits per heavy atom. The minimum Gasteiger partial charge on any atom is -0.354 e. The highest BCUT2D eigenvalue weighted by Gasteiger charge is 2.24. The topological polar surface area (TPSA) is 57.3 Å². The third kappa shape index (κ3) is 2.42. The van der Waals surface area contributed by atoms with Gasteiger partial charge in [-0.1, -0.05) is 6.07 Å². The van der Waals surface area contributed by atoms with Crippen LogP contribution in [0.15, 0.2) is 24.4 Å². The molecule has 5 nitrogen and oxygen atoms in total. The highest BCUT2D eigenvalue weighted by atomic mass is 16.2. The summed E-state index contributed by atoms with van der Waals surface area (Å²) in [6.07, 6.45) is 2.75. The Morgan fingerprint density at radius 1 is 1.56 bits per heavy atom. The molecule has 16 heavy (non-hydrogen) atoms. The fourth-order valence-electron chi connectivity index (χ4n) is 1.88. The van der Waals surface area contributed by atoms with Gasteiger partial charge in [-0.2, -0.15) is 0 Å². The maximum atomic E-state index is 11.2. The molecular weight excluding hydrogens is 204 g/mol. The average Bonchev–Trinajstić information content (AvgIpc) is 2.78. The second-order valence-corrected chi connectivity index (χ2v) is 3.84. The molecule has 2 N–H and O–H groups in total. The lowest BCUT2D eigenvalue weighted by molar-refractivity contribution is 0.240. The van der Waals surface area contributed by atoms with E-state index in [1.807, 2.05) is 18.2 Å². The zero-order valence-corrected chi connectivity index (χ0v) is 9.31. The van der Waals surface area contributed by atoms with Crippen molar-refractivity contribution in [3.05, 3.63) is 24.4 Å². The van der Waals surface area contributed by atoms with Gasteiger partial charge in [0.25, 0.3) is 0 Å². The molecule has 1 atom stereocenters. The zero-order valence-electron chi connectivity index (χ0n) is 9.31. The Balaban J connectivity index is 1.91. The lowest BCUT2D eigenvalue weighted by Crippen LogP contribution is -2.42. The molecule has 86 valence electrons. The molecular formula is C11H16N4O. The van der Waals surface area contributed by atoms with Crippen LogP contribution >= 0.6 is 0 Å². The van der Waals surface area contributed by atoms with Crippen molar-refractivity contribution in [1.82, 2.24) is 15.6 Å². The van der Waals surface area contributed by atoms with E-state index in [0.29, 0.717) is 0 Å². The van der Waals surface area contributed by atoms with Crippen LogP contribution in [-0.4, -0.2) is 37.2 Å². The number of hydrogen-bond acceptors (Lipinski definition) is 3. The third-order valence-corrected chi connectivity index (χ3v) is 2.72. The lowest BCUT2D eigenvalue weighted by atomic mass is 10.3. The number of hydrogen-bond donors (Lipinski definition) is 2. The summed E-state index contributed by atoms with van der Waals surface area (Å²) in [6.45, 7) is 1.76. The molecule has 0 aliphatic carbocycles. The van der Waals surface area contributed by atoms with E-state index in [9.17, 15) is 4.79 Å². The molecule has 0 aromatic carbocycles. The van der Waals surface area contributed by atoms with Gasteiger partial charge in [-0.15, -0.1) is 0 Å². The van der Waals surface area contributed by atoms with Crippen molar-refractivity contribution in [2.45, 2.75) is 12.5 Å². The maximum absolute atomic E-state index is 11.2. The van der Waals surface area contributed by atoms with E-state index >= 15 is 0 Å². The lowest BCUT2D eigenvalue weighted by Gasteiger charge is -2.17. The summed E-state index contributed by atoms with van der Waals surface area (Å²) in [5.74, 6) is 0.976. The predicted octanol–water partition coefficient (Wildman–Crippen LogP) is 0.589. The van der Waals surface area contributed by atoms with Crippen LogP contribution in [0.25, 0.3) is 0 Å². The van der Waals surface area contributed by atoms with Crippen LogP contribution in [0.1, 0.15) is 6.42 Å². The summed E-state index contributed by atoms with van der Waals surface area (Å²) in [7, 11) is 1.63. The van der Waals surface area contributed by atoms with Gasteiger partial charge in [0.15, 0.2) is 0 Å². The van der Waals surface area contributed by atoms with Crippen LogP contribution in [0, 0.1) is 0 Å². The Hall–Kier alpha value is -1.78.